The first-order chi connectivity index (χ1) is 12.9. The van der Waals surface area contributed by atoms with Crippen LogP contribution in [0, 0.1) is 6.92 Å². The van der Waals surface area contributed by atoms with Crippen molar-refractivity contribution in [1.82, 2.24) is 9.80 Å². The van der Waals surface area contributed by atoms with E-state index in [9.17, 15) is 4.79 Å². The lowest BCUT2D eigenvalue weighted by Crippen LogP contribution is -2.47. The Morgan fingerprint density at radius 2 is 2.07 bits per heavy atom. The maximum absolute atomic E-state index is 12.1. The smallest absolute Gasteiger partial charge is 0.355 e. The molecule has 0 saturated carbocycles. The second-order valence-corrected chi connectivity index (χ2v) is 7.89. The molecular formula is C20H27BrN4O2. The van der Waals surface area contributed by atoms with E-state index in [0.717, 1.165) is 53.2 Å². The van der Waals surface area contributed by atoms with E-state index in [2.05, 4.69) is 46.8 Å². The number of benzene rings is 1. The standard InChI is InChI=1S/C20H27BrN4O2/c1-4-27-19(26)17(22)12-25-14(3)15-10-13(2)11-16(21)18(15)23-20(25)24-8-6-5-7-9-24/h10-12,14H,4-9,22H2,1-3H3/b17-12-. The molecule has 0 spiro atoms. The summed E-state index contributed by atoms with van der Waals surface area (Å²) in [6.45, 7) is 8.14. The van der Waals surface area contributed by atoms with Crippen LogP contribution in [0.1, 0.15) is 50.3 Å². The van der Waals surface area contributed by atoms with E-state index in [4.69, 9.17) is 15.5 Å². The number of nitrogens with zero attached hydrogens (tertiary/aromatic N) is 3. The average Bonchev–Trinajstić information content (AvgIpc) is 2.65. The molecule has 0 radical (unpaired) electrons. The highest BCUT2D eigenvalue weighted by Gasteiger charge is 2.31. The van der Waals surface area contributed by atoms with Crippen molar-refractivity contribution >= 4 is 33.5 Å². The molecule has 146 valence electrons. The van der Waals surface area contributed by atoms with Gasteiger partial charge in [0.2, 0.25) is 5.96 Å². The molecule has 0 bridgehead atoms. The van der Waals surface area contributed by atoms with E-state index in [1.807, 2.05) is 4.90 Å². The first kappa shape index (κ1) is 19.7. The fourth-order valence-electron chi connectivity index (χ4n) is 3.59. The molecule has 27 heavy (non-hydrogen) atoms. The van der Waals surface area contributed by atoms with Gasteiger partial charge < -0.3 is 20.3 Å². The quantitative estimate of drug-likeness (QED) is 0.575. The molecule has 1 unspecified atom stereocenters. The van der Waals surface area contributed by atoms with Crippen molar-refractivity contribution in [3.05, 3.63) is 39.6 Å². The van der Waals surface area contributed by atoms with E-state index in [-0.39, 0.29) is 11.7 Å². The van der Waals surface area contributed by atoms with Gasteiger partial charge in [0.05, 0.1) is 18.3 Å². The summed E-state index contributed by atoms with van der Waals surface area (Å²) in [5, 5.41) is 0. The lowest BCUT2D eigenvalue weighted by molar-refractivity contribution is -0.138. The van der Waals surface area contributed by atoms with Gasteiger partial charge in [0.15, 0.2) is 0 Å². The number of carbonyl (C=O) groups excluding carboxylic acids is 1. The van der Waals surface area contributed by atoms with Gasteiger partial charge in [0.25, 0.3) is 0 Å². The van der Waals surface area contributed by atoms with E-state index >= 15 is 0 Å². The second-order valence-electron chi connectivity index (χ2n) is 7.03. The van der Waals surface area contributed by atoms with Crippen LogP contribution in [0.5, 0.6) is 0 Å². The Kier molecular flexibility index (Phi) is 6.09. The molecule has 3 rings (SSSR count). The van der Waals surface area contributed by atoms with Crippen molar-refractivity contribution in [3.63, 3.8) is 0 Å². The molecule has 6 nitrogen and oxygen atoms in total. The summed E-state index contributed by atoms with van der Waals surface area (Å²) in [6.07, 6.45) is 5.19. The number of fused-ring (bicyclic) bond motifs is 1. The minimum Gasteiger partial charge on any atom is -0.461 e. The van der Waals surface area contributed by atoms with Gasteiger partial charge in [-0.15, -0.1) is 0 Å². The molecule has 7 heteroatoms. The summed E-state index contributed by atoms with van der Waals surface area (Å²) < 4.78 is 6.04. The molecule has 0 aliphatic carbocycles. The Morgan fingerprint density at radius 1 is 1.37 bits per heavy atom. The van der Waals surface area contributed by atoms with Gasteiger partial charge in [0.1, 0.15) is 5.70 Å². The number of aliphatic imine (C=N–C) groups is 1. The van der Waals surface area contributed by atoms with Crippen molar-refractivity contribution in [2.24, 2.45) is 10.7 Å². The van der Waals surface area contributed by atoms with Gasteiger partial charge in [-0.2, -0.15) is 0 Å². The normalized spacial score (nSPS) is 20.2. The summed E-state index contributed by atoms with van der Waals surface area (Å²) in [4.78, 5) is 21.3. The van der Waals surface area contributed by atoms with E-state index in [1.54, 1.807) is 13.1 Å². The summed E-state index contributed by atoms with van der Waals surface area (Å²) >= 11 is 3.67. The monoisotopic (exact) mass is 434 g/mol. The summed E-state index contributed by atoms with van der Waals surface area (Å²) in [7, 11) is 0. The molecule has 1 atom stereocenters. The zero-order valence-corrected chi connectivity index (χ0v) is 17.8. The molecule has 1 saturated heterocycles. The molecule has 2 aliphatic rings. The molecule has 2 N–H and O–H groups in total. The first-order valence-electron chi connectivity index (χ1n) is 9.48. The largest absolute Gasteiger partial charge is 0.461 e. The Labute approximate surface area is 169 Å². The zero-order chi connectivity index (χ0) is 19.6. The van der Waals surface area contributed by atoms with Crippen LogP contribution >= 0.6 is 15.9 Å². The van der Waals surface area contributed by atoms with Gasteiger partial charge in [-0.05, 0) is 67.6 Å². The van der Waals surface area contributed by atoms with Crippen molar-refractivity contribution in [1.29, 1.82) is 0 Å². The third kappa shape index (κ3) is 4.13. The molecule has 2 heterocycles. The lowest BCUT2D eigenvalue weighted by Gasteiger charge is -2.41. The van der Waals surface area contributed by atoms with Crippen LogP contribution < -0.4 is 5.73 Å². The van der Waals surface area contributed by atoms with Crippen LogP contribution in [-0.2, 0) is 9.53 Å². The number of nitrogens with two attached hydrogens (primary N) is 1. The number of hydrogen-bond donors (Lipinski definition) is 1. The maximum atomic E-state index is 12.1. The number of guanidine groups is 1. The van der Waals surface area contributed by atoms with Crippen LogP contribution in [0.2, 0.25) is 0 Å². The number of carbonyl (C=O) groups is 1. The number of hydrogen-bond acceptors (Lipinski definition) is 6. The van der Waals surface area contributed by atoms with E-state index in [1.165, 1.54) is 6.42 Å². The van der Waals surface area contributed by atoms with Crippen LogP contribution in [0.15, 0.2) is 33.5 Å². The molecule has 2 aliphatic heterocycles. The molecule has 0 amide bonds. The highest BCUT2D eigenvalue weighted by Crippen LogP contribution is 2.41. The predicted octanol–water partition coefficient (Wildman–Crippen LogP) is 3.97. The number of esters is 1. The van der Waals surface area contributed by atoms with Crippen LogP contribution in [0.4, 0.5) is 5.69 Å². The van der Waals surface area contributed by atoms with Gasteiger partial charge in [-0.3, -0.25) is 0 Å². The third-order valence-electron chi connectivity index (χ3n) is 4.98. The second kappa shape index (κ2) is 8.33. The van der Waals surface area contributed by atoms with Gasteiger partial charge in [-0.1, -0.05) is 6.07 Å². The van der Waals surface area contributed by atoms with Gasteiger partial charge in [0, 0.05) is 29.3 Å². The average molecular weight is 435 g/mol. The first-order valence-corrected chi connectivity index (χ1v) is 10.3. The van der Waals surface area contributed by atoms with Crippen LogP contribution in [0.25, 0.3) is 0 Å². The fourth-order valence-corrected chi connectivity index (χ4v) is 4.27. The van der Waals surface area contributed by atoms with Gasteiger partial charge >= 0.3 is 5.97 Å². The highest BCUT2D eigenvalue weighted by atomic mass is 79.9. The number of ether oxygens (including phenoxy) is 1. The number of rotatable bonds is 3. The number of piperidine rings is 1. The zero-order valence-electron chi connectivity index (χ0n) is 16.2. The topological polar surface area (TPSA) is 71.2 Å². The summed E-state index contributed by atoms with van der Waals surface area (Å²) in [5.74, 6) is 0.338. The van der Waals surface area contributed by atoms with Gasteiger partial charge in [-0.25, -0.2) is 9.79 Å². The van der Waals surface area contributed by atoms with E-state index < -0.39 is 5.97 Å². The molecule has 1 aromatic carbocycles. The van der Waals surface area contributed by atoms with Crippen LogP contribution in [0.3, 0.4) is 0 Å². The Balaban J connectivity index is 2.06. The highest BCUT2D eigenvalue weighted by molar-refractivity contribution is 9.10. The number of halogens is 1. The minimum atomic E-state index is -0.501. The van der Waals surface area contributed by atoms with E-state index in [0.29, 0.717) is 6.61 Å². The number of aryl methyl sites for hydroxylation is 1. The summed E-state index contributed by atoms with van der Waals surface area (Å²) in [5.41, 5.74) is 9.33. The van der Waals surface area contributed by atoms with Crippen LogP contribution in [-0.4, -0.2) is 41.4 Å². The third-order valence-corrected chi connectivity index (χ3v) is 5.58. The predicted molar refractivity (Wildman–Crippen MR) is 111 cm³/mol. The van der Waals surface area contributed by atoms with Crippen molar-refractivity contribution < 1.29 is 9.53 Å². The maximum Gasteiger partial charge on any atom is 0.355 e. The Bertz CT molecular complexity index is 784. The van der Waals surface area contributed by atoms with Crippen molar-refractivity contribution in [3.8, 4) is 0 Å². The lowest BCUT2D eigenvalue weighted by atomic mass is 10.0. The Hall–Kier alpha value is -2.02. The molecule has 0 aromatic heterocycles. The minimum absolute atomic E-state index is 0.00129. The molecule has 1 aromatic rings. The summed E-state index contributed by atoms with van der Waals surface area (Å²) in [6, 6.07) is 4.22. The molecule has 1 fully saturated rings. The van der Waals surface area contributed by atoms with Crippen molar-refractivity contribution in [2.75, 3.05) is 19.7 Å². The fraction of sp³-hybridized carbons (Fsp3) is 0.500. The number of likely N-dealkylation sites (tertiary alicyclic amines) is 1. The van der Waals surface area contributed by atoms with Crippen molar-refractivity contribution in [2.45, 2.75) is 46.1 Å². The molecular weight excluding hydrogens is 408 g/mol. The SMILES string of the molecule is CCOC(=O)/C(N)=C/N1C(N2CCCCC2)=Nc2c(Br)cc(C)cc2C1C. The Morgan fingerprint density at radius 3 is 2.74 bits per heavy atom.